The molecular weight excluding hydrogens is 254 g/mol. The van der Waals surface area contributed by atoms with Gasteiger partial charge in [-0.1, -0.05) is 30.3 Å². The van der Waals surface area contributed by atoms with E-state index in [2.05, 4.69) is 60.5 Å². The average molecular weight is 271 g/mol. The smallest absolute Gasteiger partial charge is 0.142 e. The molecule has 3 rings (SSSR count). The Morgan fingerprint density at radius 3 is 2.84 bits per heavy atom. The molecule has 0 aliphatic carbocycles. The zero-order valence-electron chi connectivity index (χ0n) is 11.0. The van der Waals surface area contributed by atoms with Crippen LogP contribution in [0.1, 0.15) is 5.56 Å². The molecule has 0 unspecified atom stereocenters. The van der Waals surface area contributed by atoms with Crippen LogP contribution in [-0.4, -0.2) is 20.2 Å². The van der Waals surface area contributed by atoms with Gasteiger partial charge in [-0.05, 0) is 23.8 Å². The second-order valence-electron chi connectivity index (χ2n) is 4.67. The highest BCUT2D eigenvalue weighted by molar-refractivity contribution is 7.98. The molecule has 0 aromatic heterocycles. The van der Waals surface area contributed by atoms with Gasteiger partial charge in [-0.3, -0.25) is 0 Å². The molecule has 0 radical (unpaired) electrons. The molecule has 0 amide bonds. The molecule has 2 nitrogen and oxygen atoms in total. The van der Waals surface area contributed by atoms with Crippen molar-refractivity contribution in [3.8, 4) is 5.75 Å². The minimum absolute atomic E-state index is 0.778. The topological polar surface area (TPSA) is 12.5 Å². The molecule has 3 heteroatoms. The van der Waals surface area contributed by atoms with Crippen LogP contribution in [0, 0.1) is 0 Å². The first-order chi connectivity index (χ1) is 9.33. The van der Waals surface area contributed by atoms with Gasteiger partial charge < -0.3 is 9.64 Å². The van der Waals surface area contributed by atoms with E-state index in [0.29, 0.717) is 0 Å². The number of ether oxygens (including phenoxy) is 1. The maximum Gasteiger partial charge on any atom is 0.142 e. The molecule has 1 aliphatic heterocycles. The molecule has 1 aliphatic rings. The summed E-state index contributed by atoms with van der Waals surface area (Å²) in [6.45, 7) is 1.74. The first-order valence-electron chi connectivity index (χ1n) is 6.47. The maximum atomic E-state index is 5.66. The summed E-state index contributed by atoms with van der Waals surface area (Å²) in [6, 6.07) is 17.0. The summed E-state index contributed by atoms with van der Waals surface area (Å²) in [5, 5.41) is 0. The minimum Gasteiger partial charge on any atom is -0.490 e. The second kappa shape index (κ2) is 5.57. The predicted octanol–water partition coefficient (Wildman–Crippen LogP) is 3.81. The summed E-state index contributed by atoms with van der Waals surface area (Å²) >= 11 is 1.87. The summed E-state index contributed by atoms with van der Waals surface area (Å²) in [5.41, 5.74) is 2.55. The monoisotopic (exact) mass is 271 g/mol. The van der Waals surface area contributed by atoms with E-state index in [0.717, 1.165) is 24.7 Å². The fourth-order valence-corrected chi connectivity index (χ4v) is 3.05. The Bertz CT molecular complexity index is 556. The Balaban J connectivity index is 1.74. The number of rotatable bonds is 3. The van der Waals surface area contributed by atoms with Crippen LogP contribution in [0.15, 0.2) is 53.4 Å². The number of hydrogen-bond acceptors (Lipinski definition) is 3. The minimum atomic E-state index is 0.778. The molecular formula is C16H17NOS. The zero-order chi connectivity index (χ0) is 13.1. The standard InChI is InChI=1S/C16H17NOS/c1-17-9-10-18-16-8-7-14(11-15(16)17)19-12-13-5-3-2-4-6-13/h2-8,11H,9-10,12H2,1H3. The predicted molar refractivity (Wildman–Crippen MR) is 81.2 cm³/mol. The van der Waals surface area contributed by atoms with Gasteiger partial charge in [-0.25, -0.2) is 0 Å². The van der Waals surface area contributed by atoms with Crippen LogP contribution >= 0.6 is 11.8 Å². The van der Waals surface area contributed by atoms with Gasteiger partial charge in [0.15, 0.2) is 0 Å². The van der Waals surface area contributed by atoms with Crippen LogP contribution in [0.2, 0.25) is 0 Å². The SMILES string of the molecule is CN1CCOc2ccc(SCc3ccccc3)cc21. The number of nitrogens with zero attached hydrogens (tertiary/aromatic N) is 1. The van der Waals surface area contributed by atoms with Crippen LogP contribution in [-0.2, 0) is 5.75 Å². The van der Waals surface area contributed by atoms with Crippen molar-refractivity contribution in [2.24, 2.45) is 0 Å². The normalized spacial score (nSPS) is 13.8. The average Bonchev–Trinajstić information content (AvgIpc) is 2.47. The Kier molecular flexibility index (Phi) is 3.65. The van der Waals surface area contributed by atoms with Crippen LogP contribution in [0.5, 0.6) is 5.75 Å². The Morgan fingerprint density at radius 1 is 1.16 bits per heavy atom. The molecule has 0 atom stereocenters. The van der Waals surface area contributed by atoms with Gasteiger partial charge >= 0.3 is 0 Å². The number of likely N-dealkylation sites (N-methyl/N-ethyl adjacent to an activating group) is 1. The number of benzene rings is 2. The third-order valence-corrected chi connectivity index (χ3v) is 4.34. The van der Waals surface area contributed by atoms with E-state index in [1.165, 1.54) is 16.1 Å². The maximum absolute atomic E-state index is 5.66. The fraction of sp³-hybridized carbons (Fsp3) is 0.250. The third kappa shape index (κ3) is 2.87. The highest BCUT2D eigenvalue weighted by Gasteiger charge is 2.14. The summed E-state index contributed by atoms with van der Waals surface area (Å²) in [4.78, 5) is 3.55. The Morgan fingerprint density at radius 2 is 2.00 bits per heavy atom. The lowest BCUT2D eigenvalue weighted by atomic mass is 10.2. The molecule has 0 spiro atoms. The van der Waals surface area contributed by atoms with E-state index in [9.17, 15) is 0 Å². The zero-order valence-corrected chi connectivity index (χ0v) is 11.8. The lowest BCUT2D eigenvalue weighted by Gasteiger charge is -2.28. The summed E-state index contributed by atoms with van der Waals surface area (Å²) in [6.07, 6.45) is 0. The van der Waals surface area contributed by atoms with Crippen molar-refractivity contribution in [1.29, 1.82) is 0 Å². The van der Waals surface area contributed by atoms with Crippen molar-refractivity contribution >= 4 is 17.4 Å². The van der Waals surface area contributed by atoms with E-state index in [1.807, 2.05) is 11.8 Å². The van der Waals surface area contributed by atoms with Gasteiger partial charge in [-0.15, -0.1) is 11.8 Å². The number of hydrogen-bond donors (Lipinski definition) is 0. The van der Waals surface area contributed by atoms with Crippen LogP contribution in [0.25, 0.3) is 0 Å². The van der Waals surface area contributed by atoms with Crippen molar-refractivity contribution in [1.82, 2.24) is 0 Å². The van der Waals surface area contributed by atoms with Gasteiger partial charge in [0.1, 0.15) is 12.4 Å². The van der Waals surface area contributed by atoms with Crippen molar-refractivity contribution < 1.29 is 4.74 Å². The van der Waals surface area contributed by atoms with E-state index < -0.39 is 0 Å². The quantitative estimate of drug-likeness (QED) is 0.788. The van der Waals surface area contributed by atoms with Gasteiger partial charge in [0.25, 0.3) is 0 Å². The van der Waals surface area contributed by atoms with E-state index in [-0.39, 0.29) is 0 Å². The largest absolute Gasteiger partial charge is 0.490 e. The molecule has 0 bridgehead atoms. The molecule has 19 heavy (non-hydrogen) atoms. The highest BCUT2D eigenvalue weighted by atomic mass is 32.2. The van der Waals surface area contributed by atoms with E-state index in [1.54, 1.807) is 0 Å². The van der Waals surface area contributed by atoms with Gasteiger partial charge in [-0.2, -0.15) is 0 Å². The summed E-state index contributed by atoms with van der Waals surface area (Å²) in [7, 11) is 2.12. The molecule has 0 saturated heterocycles. The molecule has 2 aromatic carbocycles. The van der Waals surface area contributed by atoms with Crippen molar-refractivity contribution in [3.63, 3.8) is 0 Å². The number of fused-ring (bicyclic) bond motifs is 1. The number of anilines is 1. The summed E-state index contributed by atoms with van der Waals surface area (Å²) < 4.78 is 5.66. The van der Waals surface area contributed by atoms with Crippen molar-refractivity contribution in [2.75, 3.05) is 25.1 Å². The molecule has 98 valence electrons. The van der Waals surface area contributed by atoms with Gasteiger partial charge in [0.05, 0.1) is 12.2 Å². The second-order valence-corrected chi connectivity index (χ2v) is 5.72. The molecule has 0 saturated carbocycles. The first-order valence-corrected chi connectivity index (χ1v) is 7.46. The highest BCUT2D eigenvalue weighted by Crippen LogP contribution is 2.35. The van der Waals surface area contributed by atoms with E-state index >= 15 is 0 Å². The number of thioether (sulfide) groups is 1. The fourth-order valence-electron chi connectivity index (χ4n) is 2.16. The first kappa shape index (κ1) is 12.4. The molecule has 0 fully saturated rings. The summed E-state index contributed by atoms with van der Waals surface area (Å²) in [5.74, 6) is 2.00. The molecule has 2 aromatic rings. The molecule has 0 N–H and O–H groups in total. The van der Waals surface area contributed by atoms with Crippen LogP contribution in [0.3, 0.4) is 0 Å². The van der Waals surface area contributed by atoms with Crippen LogP contribution in [0.4, 0.5) is 5.69 Å². The molecule has 1 heterocycles. The van der Waals surface area contributed by atoms with E-state index in [4.69, 9.17) is 4.74 Å². The Hall–Kier alpha value is -1.61. The lowest BCUT2D eigenvalue weighted by molar-refractivity contribution is 0.311. The lowest BCUT2D eigenvalue weighted by Crippen LogP contribution is -2.28. The van der Waals surface area contributed by atoms with Crippen LogP contribution < -0.4 is 9.64 Å². The third-order valence-electron chi connectivity index (χ3n) is 3.27. The van der Waals surface area contributed by atoms with Gasteiger partial charge in [0.2, 0.25) is 0 Å². The van der Waals surface area contributed by atoms with Gasteiger partial charge in [0, 0.05) is 17.7 Å². The van der Waals surface area contributed by atoms with Crippen molar-refractivity contribution in [3.05, 3.63) is 54.1 Å². The van der Waals surface area contributed by atoms with Crippen molar-refractivity contribution in [2.45, 2.75) is 10.6 Å². The Labute approximate surface area is 118 Å².